The molecule has 8 heavy (non-hydrogen) atoms. The second-order valence-corrected chi connectivity index (χ2v) is 1.84. The van der Waals surface area contributed by atoms with Gasteiger partial charge in [-0.25, -0.2) is 0 Å². The molecule has 0 nitrogen and oxygen atoms in total. The Morgan fingerprint density at radius 3 is 2.50 bits per heavy atom. The van der Waals surface area contributed by atoms with Crippen LogP contribution in [0.15, 0.2) is 23.8 Å². The Balaban J connectivity index is 3.53. The first kappa shape index (κ1) is 7.48. The van der Waals surface area contributed by atoms with Gasteiger partial charge in [-0.2, -0.15) is 0 Å². The fraction of sp³-hybridized carbons (Fsp3) is 0.500. The van der Waals surface area contributed by atoms with E-state index >= 15 is 0 Å². The first-order chi connectivity index (χ1) is 3.81. The van der Waals surface area contributed by atoms with Crippen LogP contribution in [0.1, 0.15) is 27.2 Å². The molecule has 0 rings (SSSR count). The van der Waals surface area contributed by atoms with E-state index in [4.69, 9.17) is 0 Å². The van der Waals surface area contributed by atoms with Gasteiger partial charge in [-0.15, -0.1) is 0 Å². The van der Waals surface area contributed by atoms with Crippen molar-refractivity contribution in [1.29, 1.82) is 0 Å². The normalized spacial score (nSPS) is 13.1. The summed E-state index contributed by atoms with van der Waals surface area (Å²) in [5.74, 6) is 0. The zero-order valence-electron chi connectivity index (χ0n) is 5.94. The Kier molecular flexibility index (Phi) is 4.33. The highest BCUT2D eigenvalue weighted by atomic mass is 13.8. The largest absolute Gasteiger partial charge is 0.0847 e. The van der Waals surface area contributed by atoms with Crippen LogP contribution in [0.4, 0.5) is 0 Å². The van der Waals surface area contributed by atoms with Crippen molar-refractivity contribution in [3.8, 4) is 0 Å². The minimum Gasteiger partial charge on any atom is -0.0847 e. The van der Waals surface area contributed by atoms with E-state index in [-0.39, 0.29) is 0 Å². The number of hydrogen-bond donors (Lipinski definition) is 0. The van der Waals surface area contributed by atoms with Crippen LogP contribution >= 0.6 is 0 Å². The Labute approximate surface area is 51.9 Å². The van der Waals surface area contributed by atoms with Crippen molar-refractivity contribution < 1.29 is 0 Å². The summed E-state index contributed by atoms with van der Waals surface area (Å²) in [5, 5.41) is 0. The molecule has 0 amide bonds. The van der Waals surface area contributed by atoms with E-state index in [1.54, 1.807) is 0 Å². The van der Waals surface area contributed by atoms with Crippen LogP contribution in [-0.4, -0.2) is 0 Å². The van der Waals surface area contributed by atoms with Gasteiger partial charge in [-0.3, -0.25) is 0 Å². The van der Waals surface area contributed by atoms with Crippen molar-refractivity contribution in [2.45, 2.75) is 27.2 Å². The average molecular weight is 110 g/mol. The summed E-state index contributed by atoms with van der Waals surface area (Å²) in [6.45, 7) is 6.29. The quantitative estimate of drug-likeness (QED) is 0.479. The molecule has 0 heterocycles. The molecule has 0 unspecified atom stereocenters. The van der Waals surface area contributed by atoms with Crippen molar-refractivity contribution in [2.75, 3.05) is 0 Å². The summed E-state index contributed by atoms with van der Waals surface area (Å²) in [6, 6.07) is 0. The van der Waals surface area contributed by atoms with Gasteiger partial charge in [0.15, 0.2) is 0 Å². The van der Waals surface area contributed by atoms with E-state index in [0.717, 1.165) is 6.42 Å². The Bertz CT molecular complexity index is 96.6. The zero-order valence-corrected chi connectivity index (χ0v) is 5.94. The fourth-order valence-electron chi connectivity index (χ4n) is 0.400. The predicted octanol–water partition coefficient (Wildman–Crippen LogP) is 2.92. The van der Waals surface area contributed by atoms with Gasteiger partial charge < -0.3 is 0 Å². The third-order valence-electron chi connectivity index (χ3n) is 1.07. The van der Waals surface area contributed by atoms with Crippen molar-refractivity contribution in [1.82, 2.24) is 0 Å². The molecule has 0 aromatic carbocycles. The van der Waals surface area contributed by atoms with Crippen LogP contribution in [-0.2, 0) is 0 Å². The lowest BCUT2D eigenvalue weighted by Gasteiger charge is -1.84. The molecule has 0 radical (unpaired) electrons. The lowest BCUT2D eigenvalue weighted by Crippen LogP contribution is -1.62. The second kappa shape index (κ2) is 4.63. The summed E-state index contributed by atoms with van der Waals surface area (Å²) in [7, 11) is 0. The average Bonchev–Trinajstić information content (AvgIpc) is 1.83. The van der Waals surface area contributed by atoms with E-state index in [1.807, 2.05) is 0 Å². The minimum atomic E-state index is 1.13. The van der Waals surface area contributed by atoms with Gasteiger partial charge in [0.05, 0.1) is 0 Å². The predicted molar refractivity (Wildman–Crippen MR) is 38.9 cm³/mol. The van der Waals surface area contributed by atoms with Crippen LogP contribution in [0, 0.1) is 0 Å². The highest BCUT2D eigenvalue weighted by Crippen LogP contribution is 1.93. The molecular weight excluding hydrogens is 96.1 g/mol. The molecule has 0 heteroatoms. The summed E-state index contributed by atoms with van der Waals surface area (Å²) >= 11 is 0. The van der Waals surface area contributed by atoms with Crippen molar-refractivity contribution in [3.05, 3.63) is 23.8 Å². The third-order valence-corrected chi connectivity index (χ3v) is 1.07. The molecule has 0 spiro atoms. The Hall–Kier alpha value is -0.520. The molecule has 0 atom stereocenters. The second-order valence-electron chi connectivity index (χ2n) is 1.84. The Morgan fingerprint density at radius 1 is 1.50 bits per heavy atom. The molecule has 0 fully saturated rings. The highest BCUT2D eigenvalue weighted by Gasteiger charge is 1.72. The number of hydrogen-bond acceptors (Lipinski definition) is 0. The first-order valence-corrected chi connectivity index (χ1v) is 3.10. The number of allylic oxidation sites excluding steroid dienone is 4. The third kappa shape index (κ3) is 3.66. The van der Waals surface area contributed by atoms with Crippen LogP contribution in [0.25, 0.3) is 0 Å². The van der Waals surface area contributed by atoms with Crippen molar-refractivity contribution in [2.24, 2.45) is 0 Å². The van der Waals surface area contributed by atoms with Crippen LogP contribution in [0.5, 0.6) is 0 Å². The molecule has 0 saturated heterocycles. The van der Waals surface area contributed by atoms with Crippen molar-refractivity contribution >= 4 is 0 Å². The lowest BCUT2D eigenvalue weighted by molar-refractivity contribution is 1.22. The van der Waals surface area contributed by atoms with Crippen LogP contribution in [0.2, 0.25) is 0 Å². The molecule has 0 aliphatic heterocycles. The SMILES string of the molecule is CC=C(C)C=CCC. The van der Waals surface area contributed by atoms with Gasteiger partial charge in [0, 0.05) is 0 Å². The molecule has 0 bridgehead atoms. The number of rotatable bonds is 2. The topological polar surface area (TPSA) is 0 Å². The maximum absolute atomic E-state index is 2.16. The summed E-state index contributed by atoms with van der Waals surface area (Å²) < 4.78 is 0. The monoisotopic (exact) mass is 110 g/mol. The first-order valence-electron chi connectivity index (χ1n) is 3.10. The van der Waals surface area contributed by atoms with Gasteiger partial charge in [-0.1, -0.05) is 30.7 Å². The van der Waals surface area contributed by atoms with Gasteiger partial charge in [0.25, 0.3) is 0 Å². The zero-order chi connectivity index (χ0) is 6.41. The van der Waals surface area contributed by atoms with Gasteiger partial charge >= 0.3 is 0 Å². The van der Waals surface area contributed by atoms with Crippen LogP contribution in [0.3, 0.4) is 0 Å². The molecule has 0 aliphatic carbocycles. The summed E-state index contributed by atoms with van der Waals surface area (Å²) in [6.07, 6.45) is 7.53. The lowest BCUT2D eigenvalue weighted by atomic mass is 10.2. The smallest absolute Gasteiger partial charge is 0.0376 e. The molecule has 0 aromatic rings. The van der Waals surface area contributed by atoms with E-state index in [2.05, 4.69) is 39.0 Å². The summed E-state index contributed by atoms with van der Waals surface area (Å²) in [4.78, 5) is 0. The summed E-state index contributed by atoms with van der Waals surface area (Å²) in [5.41, 5.74) is 1.34. The van der Waals surface area contributed by atoms with E-state index < -0.39 is 0 Å². The van der Waals surface area contributed by atoms with Gasteiger partial charge in [0.1, 0.15) is 0 Å². The molecule has 0 aromatic heterocycles. The molecule has 0 saturated carbocycles. The highest BCUT2D eigenvalue weighted by molar-refractivity contribution is 5.14. The Morgan fingerprint density at radius 2 is 2.12 bits per heavy atom. The van der Waals surface area contributed by atoms with E-state index in [0.29, 0.717) is 0 Å². The fourth-order valence-corrected chi connectivity index (χ4v) is 0.400. The van der Waals surface area contributed by atoms with Gasteiger partial charge in [0.2, 0.25) is 0 Å². The maximum Gasteiger partial charge on any atom is -0.0376 e. The van der Waals surface area contributed by atoms with E-state index in [9.17, 15) is 0 Å². The molecule has 46 valence electrons. The standard InChI is InChI=1S/C8H14/c1-4-6-7-8(3)5-2/h5-7H,4H2,1-3H3. The molecule has 0 N–H and O–H groups in total. The van der Waals surface area contributed by atoms with Gasteiger partial charge in [-0.05, 0) is 20.3 Å². The van der Waals surface area contributed by atoms with E-state index in [1.165, 1.54) is 5.57 Å². The van der Waals surface area contributed by atoms with Crippen LogP contribution < -0.4 is 0 Å². The van der Waals surface area contributed by atoms with Crippen molar-refractivity contribution in [3.63, 3.8) is 0 Å². The minimum absolute atomic E-state index is 1.13. The molecule has 0 aliphatic rings. The maximum atomic E-state index is 2.16. The molecular formula is C8H14.